The van der Waals surface area contributed by atoms with Crippen LogP contribution in [0.2, 0.25) is 0 Å². The van der Waals surface area contributed by atoms with Gasteiger partial charge in [0.15, 0.2) is 0 Å². The molecule has 1 aromatic heterocycles. The van der Waals surface area contributed by atoms with E-state index >= 15 is 0 Å². The summed E-state index contributed by atoms with van der Waals surface area (Å²) in [6.45, 7) is 3.65. The van der Waals surface area contributed by atoms with Crippen LogP contribution in [0.15, 0.2) is 18.5 Å². The Bertz CT molecular complexity index is 303. The Kier molecular flexibility index (Phi) is 6.10. The molecule has 1 rings (SSSR count). The highest BCUT2D eigenvalue weighted by molar-refractivity contribution is 5.69. The van der Waals surface area contributed by atoms with Crippen molar-refractivity contribution >= 4 is 5.97 Å². The van der Waals surface area contributed by atoms with Crippen molar-refractivity contribution in [3.8, 4) is 0 Å². The molecule has 0 aliphatic rings. The molecule has 0 bridgehead atoms. The Balaban J connectivity index is 2.02. The van der Waals surface area contributed by atoms with Gasteiger partial charge in [0, 0.05) is 18.8 Å². The van der Waals surface area contributed by atoms with Crippen LogP contribution in [0, 0.1) is 0 Å². The third kappa shape index (κ3) is 5.41. The summed E-state index contributed by atoms with van der Waals surface area (Å²) in [6.07, 6.45) is 4.65. The van der Waals surface area contributed by atoms with Gasteiger partial charge in [0.1, 0.15) is 5.82 Å². The summed E-state index contributed by atoms with van der Waals surface area (Å²) in [5, 5.41) is 3.17. The van der Waals surface area contributed by atoms with E-state index in [1.165, 1.54) is 0 Å². The van der Waals surface area contributed by atoms with Crippen LogP contribution in [-0.4, -0.2) is 29.1 Å². The molecule has 0 spiro atoms. The van der Waals surface area contributed by atoms with Crippen LogP contribution in [-0.2, 0) is 16.1 Å². The number of ether oxygens (including phenoxy) is 1. The maximum absolute atomic E-state index is 11.0. The van der Waals surface area contributed by atoms with Crippen molar-refractivity contribution in [2.75, 3.05) is 13.2 Å². The molecule has 1 N–H and O–H groups in total. The molecule has 0 aliphatic heterocycles. The molecule has 5 heteroatoms. The van der Waals surface area contributed by atoms with Gasteiger partial charge in [-0.05, 0) is 26.0 Å². The fourth-order valence-corrected chi connectivity index (χ4v) is 1.21. The highest BCUT2D eigenvalue weighted by Crippen LogP contribution is 1.92. The first-order chi connectivity index (χ1) is 7.83. The molecule has 5 nitrogen and oxygen atoms in total. The van der Waals surface area contributed by atoms with Gasteiger partial charge in [-0.2, -0.15) is 0 Å². The Morgan fingerprint density at radius 3 is 2.88 bits per heavy atom. The minimum atomic E-state index is -0.139. The largest absolute Gasteiger partial charge is 0.466 e. The van der Waals surface area contributed by atoms with Crippen molar-refractivity contribution in [2.45, 2.75) is 26.3 Å². The van der Waals surface area contributed by atoms with Gasteiger partial charge in [-0.3, -0.25) is 4.79 Å². The predicted molar refractivity (Wildman–Crippen MR) is 59.6 cm³/mol. The zero-order chi connectivity index (χ0) is 11.6. The summed E-state index contributed by atoms with van der Waals surface area (Å²) in [5.41, 5.74) is 0. The molecule has 0 saturated heterocycles. The maximum atomic E-state index is 11.0. The van der Waals surface area contributed by atoms with Gasteiger partial charge in [0.05, 0.1) is 13.2 Å². The summed E-state index contributed by atoms with van der Waals surface area (Å²) in [4.78, 5) is 19.2. The van der Waals surface area contributed by atoms with E-state index in [4.69, 9.17) is 4.74 Å². The Morgan fingerprint density at radius 2 is 2.19 bits per heavy atom. The number of hydrogen-bond acceptors (Lipinski definition) is 5. The van der Waals surface area contributed by atoms with Gasteiger partial charge in [-0.25, -0.2) is 9.97 Å². The van der Waals surface area contributed by atoms with Crippen molar-refractivity contribution in [2.24, 2.45) is 0 Å². The number of carbonyl (C=O) groups is 1. The second-order valence-electron chi connectivity index (χ2n) is 3.25. The molecule has 1 aromatic rings. The third-order valence-electron chi connectivity index (χ3n) is 1.94. The van der Waals surface area contributed by atoms with Crippen LogP contribution in [0.1, 0.15) is 25.6 Å². The standard InChI is InChI=1S/C11H17N3O2/c1-2-16-11(15)5-3-6-12-9-10-13-7-4-8-14-10/h4,7-8,12H,2-3,5-6,9H2,1H3. The molecule has 0 aliphatic carbocycles. The summed E-state index contributed by atoms with van der Waals surface area (Å²) in [7, 11) is 0. The Hall–Kier alpha value is -1.49. The van der Waals surface area contributed by atoms with E-state index in [0.717, 1.165) is 18.8 Å². The monoisotopic (exact) mass is 223 g/mol. The minimum Gasteiger partial charge on any atom is -0.466 e. The van der Waals surface area contributed by atoms with Gasteiger partial charge in [0.25, 0.3) is 0 Å². The van der Waals surface area contributed by atoms with Gasteiger partial charge < -0.3 is 10.1 Å². The molecular weight excluding hydrogens is 206 g/mol. The second-order valence-corrected chi connectivity index (χ2v) is 3.25. The van der Waals surface area contributed by atoms with Gasteiger partial charge in [-0.1, -0.05) is 0 Å². The minimum absolute atomic E-state index is 0.139. The van der Waals surface area contributed by atoms with E-state index in [2.05, 4.69) is 15.3 Å². The molecule has 88 valence electrons. The van der Waals surface area contributed by atoms with Crippen LogP contribution in [0.3, 0.4) is 0 Å². The van der Waals surface area contributed by atoms with Crippen LogP contribution in [0.5, 0.6) is 0 Å². The number of rotatable bonds is 7. The predicted octanol–water partition coefficient (Wildman–Crippen LogP) is 0.909. The van der Waals surface area contributed by atoms with Gasteiger partial charge in [-0.15, -0.1) is 0 Å². The summed E-state index contributed by atoms with van der Waals surface area (Å²) >= 11 is 0. The van der Waals surface area contributed by atoms with Crippen LogP contribution in [0.4, 0.5) is 0 Å². The SMILES string of the molecule is CCOC(=O)CCCNCc1ncccn1. The number of nitrogens with one attached hydrogen (secondary N) is 1. The second kappa shape index (κ2) is 7.76. The summed E-state index contributed by atoms with van der Waals surface area (Å²) < 4.78 is 4.82. The molecule has 1 heterocycles. The number of hydrogen-bond donors (Lipinski definition) is 1. The van der Waals surface area contributed by atoms with Crippen molar-refractivity contribution in [3.63, 3.8) is 0 Å². The first-order valence-electron chi connectivity index (χ1n) is 5.45. The van der Waals surface area contributed by atoms with E-state index in [1.54, 1.807) is 18.5 Å². The molecule has 0 amide bonds. The van der Waals surface area contributed by atoms with Gasteiger partial charge >= 0.3 is 5.97 Å². The smallest absolute Gasteiger partial charge is 0.305 e. The molecule has 0 unspecified atom stereocenters. The first-order valence-corrected chi connectivity index (χ1v) is 5.45. The normalized spacial score (nSPS) is 10.1. The lowest BCUT2D eigenvalue weighted by molar-refractivity contribution is -0.143. The van der Waals surface area contributed by atoms with E-state index in [-0.39, 0.29) is 5.97 Å². The lowest BCUT2D eigenvalue weighted by atomic mass is 10.3. The van der Waals surface area contributed by atoms with Crippen molar-refractivity contribution in [1.82, 2.24) is 15.3 Å². The van der Waals surface area contributed by atoms with Crippen molar-refractivity contribution in [3.05, 3.63) is 24.3 Å². The maximum Gasteiger partial charge on any atom is 0.305 e. The quantitative estimate of drug-likeness (QED) is 0.550. The average molecular weight is 223 g/mol. The number of carbonyl (C=O) groups excluding carboxylic acids is 1. The highest BCUT2D eigenvalue weighted by Gasteiger charge is 2.00. The summed E-state index contributed by atoms with van der Waals surface area (Å²) in [5.74, 6) is 0.624. The third-order valence-corrected chi connectivity index (χ3v) is 1.94. The highest BCUT2D eigenvalue weighted by atomic mass is 16.5. The topological polar surface area (TPSA) is 64.1 Å². The number of esters is 1. The fourth-order valence-electron chi connectivity index (χ4n) is 1.21. The lowest BCUT2D eigenvalue weighted by Gasteiger charge is -2.03. The molecule has 0 atom stereocenters. The molecule has 0 saturated carbocycles. The molecule has 0 fully saturated rings. The molecule has 16 heavy (non-hydrogen) atoms. The zero-order valence-electron chi connectivity index (χ0n) is 9.48. The van der Waals surface area contributed by atoms with E-state index in [1.807, 2.05) is 6.92 Å². The Morgan fingerprint density at radius 1 is 1.44 bits per heavy atom. The van der Waals surface area contributed by atoms with Crippen LogP contribution < -0.4 is 5.32 Å². The molecule has 0 aromatic carbocycles. The van der Waals surface area contributed by atoms with E-state index in [0.29, 0.717) is 19.6 Å². The van der Waals surface area contributed by atoms with Crippen molar-refractivity contribution in [1.29, 1.82) is 0 Å². The van der Waals surface area contributed by atoms with Crippen molar-refractivity contribution < 1.29 is 9.53 Å². The summed E-state index contributed by atoms with van der Waals surface area (Å²) in [6, 6.07) is 1.78. The lowest BCUT2D eigenvalue weighted by Crippen LogP contribution is -2.17. The van der Waals surface area contributed by atoms with E-state index in [9.17, 15) is 4.79 Å². The Labute approximate surface area is 95.3 Å². The molecular formula is C11H17N3O2. The zero-order valence-corrected chi connectivity index (χ0v) is 9.48. The van der Waals surface area contributed by atoms with E-state index < -0.39 is 0 Å². The van der Waals surface area contributed by atoms with Crippen LogP contribution >= 0.6 is 0 Å². The van der Waals surface area contributed by atoms with Gasteiger partial charge in [0.2, 0.25) is 0 Å². The number of nitrogens with zero attached hydrogens (tertiary/aromatic N) is 2. The fraction of sp³-hybridized carbons (Fsp3) is 0.545. The molecule has 0 radical (unpaired) electrons. The van der Waals surface area contributed by atoms with Crippen LogP contribution in [0.25, 0.3) is 0 Å². The number of aromatic nitrogens is 2. The first kappa shape index (κ1) is 12.6. The average Bonchev–Trinajstić information content (AvgIpc) is 2.30.